The van der Waals surface area contributed by atoms with E-state index in [0.29, 0.717) is 5.57 Å². The molecule has 0 amide bonds. The maximum atomic E-state index is 12.6. The predicted molar refractivity (Wildman–Crippen MR) is 91.8 cm³/mol. The Morgan fingerprint density at radius 2 is 1.79 bits per heavy atom. The molecule has 24 heavy (non-hydrogen) atoms. The van der Waals surface area contributed by atoms with Gasteiger partial charge < -0.3 is 4.74 Å². The highest BCUT2D eigenvalue weighted by Gasteiger charge is 2.24. The van der Waals surface area contributed by atoms with Gasteiger partial charge in [-0.05, 0) is 42.8 Å². The van der Waals surface area contributed by atoms with E-state index in [1.165, 1.54) is 18.2 Å². The molecule has 120 valence electrons. The van der Waals surface area contributed by atoms with Crippen molar-refractivity contribution in [1.29, 1.82) is 5.26 Å². The monoisotopic (exact) mass is 337 g/mol. The Morgan fingerprint density at radius 1 is 1.12 bits per heavy atom. The highest BCUT2D eigenvalue weighted by Crippen LogP contribution is 2.31. The Balaban J connectivity index is 2.06. The van der Waals surface area contributed by atoms with Crippen LogP contribution in [0.15, 0.2) is 76.0 Å². The molecule has 4 nitrogen and oxygen atoms in total. The lowest BCUT2D eigenvalue weighted by Crippen LogP contribution is -2.18. The minimum Gasteiger partial charge on any atom is -0.485 e. The summed E-state index contributed by atoms with van der Waals surface area (Å²) in [5, 5.41) is 9.37. The molecule has 0 saturated carbocycles. The molecule has 0 aliphatic carbocycles. The highest BCUT2D eigenvalue weighted by molar-refractivity contribution is 7.95. The van der Waals surface area contributed by atoms with Crippen molar-refractivity contribution in [2.24, 2.45) is 0 Å². The van der Waals surface area contributed by atoms with Crippen LogP contribution < -0.4 is 4.74 Å². The second-order valence-electron chi connectivity index (χ2n) is 5.38. The molecule has 0 bridgehead atoms. The molecule has 5 heteroatoms. The lowest BCUT2D eigenvalue weighted by atomic mass is 10.0. The van der Waals surface area contributed by atoms with Crippen LogP contribution in [0.2, 0.25) is 0 Å². The molecule has 0 aromatic heterocycles. The van der Waals surface area contributed by atoms with E-state index in [9.17, 15) is 13.7 Å². The minimum absolute atomic E-state index is 0.100. The first-order valence-corrected chi connectivity index (χ1v) is 8.90. The first kappa shape index (κ1) is 16.0. The molecule has 2 aromatic carbocycles. The molecular weight excluding hydrogens is 322 g/mol. The van der Waals surface area contributed by atoms with Crippen molar-refractivity contribution >= 4 is 15.9 Å². The fourth-order valence-electron chi connectivity index (χ4n) is 2.47. The van der Waals surface area contributed by atoms with Gasteiger partial charge in [0.15, 0.2) is 0 Å². The van der Waals surface area contributed by atoms with Crippen molar-refractivity contribution in [3.8, 4) is 11.8 Å². The largest absolute Gasteiger partial charge is 0.485 e. The second kappa shape index (κ2) is 6.34. The Bertz CT molecular complexity index is 967. The molecule has 0 radical (unpaired) electrons. The van der Waals surface area contributed by atoms with Crippen LogP contribution in [0.5, 0.6) is 5.75 Å². The third kappa shape index (κ3) is 2.97. The average molecular weight is 337 g/mol. The number of nitrogens with zero attached hydrogens (tertiary/aromatic N) is 1. The summed E-state index contributed by atoms with van der Waals surface area (Å²) in [7, 11) is -3.85. The summed E-state index contributed by atoms with van der Waals surface area (Å²) in [6.07, 6.45) is 2.90. The second-order valence-corrected chi connectivity index (χ2v) is 7.30. The molecular formula is C19H15NO3S. The molecule has 1 atom stereocenters. The van der Waals surface area contributed by atoms with Gasteiger partial charge in [0.1, 0.15) is 22.8 Å². The topological polar surface area (TPSA) is 67.2 Å². The maximum absolute atomic E-state index is 12.6. The Hall–Kier alpha value is -2.84. The van der Waals surface area contributed by atoms with Gasteiger partial charge in [-0.25, -0.2) is 8.42 Å². The lowest BCUT2D eigenvalue weighted by Gasteiger charge is -2.23. The fourth-order valence-corrected chi connectivity index (χ4v) is 3.65. The normalized spacial score (nSPS) is 17.2. The SMILES string of the molecule is C[C@@H]1Oc2ccccc2C=C1/C=C(\C#N)S(=O)(=O)c1ccccc1. The third-order valence-electron chi connectivity index (χ3n) is 3.77. The summed E-state index contributed by atoms with van der Waals surface area (Å²) in [5.41, 5.74) is 1.50. The van der Waals surface area contributed by atoms with Gasteiger partial charge in [0.2, 0.25) is 9.84 Å². The van der Waals surface area contributed by atoms with Crippen LogP contribution >= 0.6 is 0 Å². The maximum Gasteiger partial charge on any atom is 0.216 e. The van der Waals surface area contributed by atoms with Crippen molar-refractivity contribution < 1.29 is 13.2 Å². The summed E-state index contributed by atoms with van der Waals surface area (Å²) < 4.78 is 31.1. The quantitative estimate of drug-likeness (QED) is 0.800. The molecule has 1 aliphatic rings. The zero-order chi connectivity index (χ0) is 17.2. The van der Waals surface area contributed by atoms with E-state index < -0.39 is 9.84 Å². The van der Waals surface area contributed by atoms with E-state index in [1.807, 2.05) is 43.3 Å². The van der Waals surface area contributed by atoms with Gasteiger partial charge in [-0.15, -0.1) is 0 Å². The van der Waals surface area contributed by atoms with Crippen molar-refractivity contribution in [3.05, 3.63) is 76.7 Å². The number of ether oxygens (including phenoxy) is 1. The zero-order valence-electron chi connectivity index (χ0n) is 13.0. The van der Waals surface area contributed by atoms with Crippen LogP contribution in [-0.2, 0) is 9.84 Å². The van der Waals surface area contributed by atoms with Gasteiger partial charge >= 0.3 is 0 Å². The molecule has 1 heterocycles. The molecule has 0 unspecified atom stereocenters. The van der Waals surface area contributed by atoms with E-state index in [-0.39, 0.29) is 15.9 Å². The summed E-state index contributed by atoms with van der Waals surface area (Å²) in [5.74, 6) is 0.742. The van der Waals surface area contributed by atoms with Crippen LogP contribution in [0.25, 0.3) is 6.08 Å². The third-order valence-corrected chi connectivity index (χ3v) is 5.45. The zero-order valence-corrected chi connectivity index (χ0v) is 13.8. The molecule has 3 rings (SSSR count). The number of sulfone groups is 1. The molecule has 1 aliphatic heterocycles. The number of para-hydroxylation sites is 1. The average Bonchev–Trinajstić information content (AvgIpc) is 2.60. The summed E-state index contributed by atoms with van der Waals surface area (Å²) in [6.45, 7) is 1.82. The van der Waals surface area contributed by atoms with Crippen molar-refractivity contribution in [1.82, 2.24) is 0 Å². The van der Waals surface area contributed by atoms with Crippen molar-refractivity contribution in [2.45, 2.75) is 17.9 Å². The Kier molecular flexibility index (Phi) is 4.24. The number of benzene rings is 2. The molecule has 0 fully saturated rings. The summed E-state index contributed by atoms with van der Waals surface area (Å²) in [6, 6.07) is 17.2. The van der Waals surface area contributed by atoms with Gasteiger partial charge in [0.05, 0.1) is 4.90 Å². The van der Waals surface area contributed by atoms with E-state index in [4.69, 9.17) is 4.74 Å². The van der Waals surface area contributed by atoms with E-state index in [1.54, 1.807) is 18.2 Å². The first-order chi connectivity index (χ1) is 11.5. The highest BCUT2D eigenvalue weighted by atomic mass is 32.2. The van der Waals surface area contributed by atoms with Gasteiger partial charge in [-0.3, -0.25) is 0 Å². The summed E-state index contributed by atoms with van der Waals surface area (Å²) >= 11 is 0. The van der Waals surface area contributed by atoms with Crippen molar-refractivity contribution in [3.63, 3.8) is 0 Å². The smallest absolute Gasteiger partial charge is 0.216 e. The van der Waals surface area contributed by atoms with E-state index in [0.717, 1.165) is 11.3 Å². The Morgan fingerprint density at radius 3 is 2.50 bits per heavy atom. The van der Waals surface area contributed by atoms with Gasteiger partial charge in [0.25, 0.3) is 0 Å². The van der Waals surface area contributed by atoms with Gasteiger partial charge in [0, 0.05) is 5.56 Å². The molecule has 0 spiro atoms. The number of hydrogen-bond donors (Lipinski definition) is 0. The van der Waals surface area contributed by atoms with Crippen LogP contribution in [0.4, 0.5) is 0 Å². The number of rotatable bonds is 3. The first-order valence-electron chi connectivity index (χ1n) is 7.41. The molecule has 0 N–H and O–H groups in total. The Labute approximate surface area is 141 Å². The molecule has 0 saturated heterocycles. The standard InChI is InChI=1S/C19H15NO3S/c1-14-16(11-15-7-5-6-10-19(15)23-14)12-18(13-20)24(21,22)17-8-3-2-4-9-17/h2-12,14H,1H3/b18-12+/t14-/m0/s1. The van der Waals surface area contributed by atoms with Crippen LogP contribution in [-0.4, -0.2) is 14.5 Å². The predicted octanol–water partition coefficient (Wildman–Crippen LogP) is 3.73. The fraction of sp³-hybridized carbons (Fsp3) is 0.105. The summed E-state index contributed by atoms with van der Waals surface area (Å²) in [4.78, 5) is -0.196. The van der Waals surface area contributed by atoms with Crippen LogP contribution in [0, 0.1) is 11.3 Å². The van der Waals surface area contributed by atoms with Crippen molar-refractivity contribution in [2.75, 3.05) is 0 Å². The number of fused-ring (bicyclic) bond motifs is 1. The van der Waals surface area contributed by atoms with Crippen LogP contribution in [0.3, 0.4) is 0 Å². The van der Waals surface area contributed by atoms with E-state index in [2.05, 4.69) is 0 Å². The number of nitriles is 1. The van der Waals surface area contributed by atoms with Gasteiger partial charge in [-0.2, -0.15) is 5.26 Å². The molecule has 2 aromatic rings. The number of allylic oxidation sites excluding steroid dienone is 1. The lowest BCUT2D eigenvalue weighted by molar-refractivity contribution is 0.257. The van der Waals surface area contributed by atoms with Gasteiger partial charge in [-0.1, -0.05) is 36.4 Å². The van der Waals surface area contributed by atoms with Crippen LogP contribution in [0.1, 0.15) is 12.5 Å². The number of hydrogen-bond acceptors (Lipinski definition) is 4. The minimum atomic E-state index is -3.85. The van der Waals surface area contributed by atoms with E-state index >= 15 is 0 Å².